The number of hydrogen-bond acceptors (Lipinski definition) is 1. The largest absolute Gasteiger partial charge is 0.370 e. The molecule has 1 aromatic rings. The molecule has 0 aliphatic heterocycles. The molecule has 100 valence electrons. The quantitative estimate of drug-likeness (QED) is 0.358. The molecule has 3 N–H and O–H groups in total. The molecule has 0 bridgehead atoms. The van der Waals surface area contributed by atoms with Crippen LogP contribution >= 0.6 is 35.6 Å². The minimum Gasteiger partial charge on any atom is -0.370 e. The standard InChI is InChI=1S/C13H18ClN3.HI/c1-10(2)9-17-13(15)16-8-7-11-3-5-12(14)6-4-11;/h3-6H,1,7-9H2,2H3,(H3,15,16,17);1H. The molecule has 0 heterocycles. The summed E-state index contributed by atoms with van der Waals surface area (Å²) in [6, 6.07) is 7.78. The first kappa shape index (κ1) is 17.2. The maximum Gasteiger partial charge on any atom is 0.188 e. The Morgan fingerprint density at radius 3 is 2.56 bits per heavy atom. The normalized spacial score (nSPS) is 10.7. The van der Waals surface area contributed by atoms with Crippen molar-refractivity contribution in [1.82, 2.24) is 5.32 Å². The Morgan fingerprint density at radius 1 is 1.39 bits per heavy atom. The SMILES string of the molecule is C=C(C)CN=C(N)NCCc1ccc(Cl)cc1.I. The van der Waals surface area contributed by atoms with E-state index in [1.807, 2.05) is 31.2 Å². The number of nitrogens with zero attached hydrogens (tertiary/aromatic N) is 1. The highest BCUT2D eigenvalue weighted by molar-refractivity contribution is 14.0. The van der Waals surface area contributed by atoms with Crippen molar-refractivity contribution >= 4 is 41.5 Å². The fourth-order valence-corrected chi connectivity index (χ4v) is 1.39. The first-order valence-electron chi connectivity index (χ1n) is 5.50. The first-order valence-corrected chi connectivity index (χ1v) is 5.88. The molecule has 0 radical (unpaired) electrons. The maximum absolute atomic E-state index is 5.80. The highest BCUT2D eigenvalue weighted by Crippen LogP contribution is 2.09. The lowest BCUT2D eigenvalue weighted by Crippen LogP contribution is -2.33. The summed E-state index contributed by atoms with van der Waals surface area (Å²) < 4.78 is 0. The summed E-state index contributed by atoms with van der Waals surface area (Å²) in [6.45, 7) is 7.01. The van der Waals surface area contributed by atoms with Crippen molar-refractivity contribution in [3.8, 4) is 0 Å². The van der Waals surface area contributed by atoms with Gasteiger partial charge in [-0.2, -0.15) is 0 Å². The smallest absolute Gasteiger partial charge is 0.188 e. The molecular weight excluding hydrogens is 361 g/mol. The van der Waals surface area contributed by atoms with Crippen LogP contribution in [0.15, 0.2) is 41.4 Å². The van der Waals surface area contributed by atoms with Crippen LogP contribution in [0, 0.1) is 0 Å². The van der Waals surface area contributed by atoms with Crippen LogP contribution in [0.25, 0.3) is 0 Å². The van der Waals surface area contributed by atoms with Gasteiger partial charge in [-0.05, 0) is 31.0 Å². The Balaban J connectivity index is 0.00000289. The van der Waals surface area contributed by atoms with Gasteiger partial charge in [-0.3, -0.25) is 0 Å². The van der Waals surface area contributed by atoms with E-state index < -0.39 is 0 Å². The lowest BCUT2D eigenvalue weighted by atomic mass is 10.1. The highest BCUT2D eigenvalue weighted by Gasteiger charge is 1.95. The van der Waals surface area contributed by atoms with E-state index in [0.717, 1.165) is 23.6 Å². The molecular formula is C13H19ClIN3. The van der Waals surface area contributed by atoms with Gasteiger partial charge in [0, 0.05) is 11.6 Å². The van der Waals surface area contributed by atoms with Crippen LogP contribution in [0.2, 0.25) is 5.02 Å². The molecule has 0 atom stereocenters. The summed E-state index contributed by atoms with van der Waals surface area (Å²) in [5.74, 6) is 0.460. The molecule has 1 aromatic carbocycles. The average molecular weight is 380 g/mol. The molecule has 5 heteroatoms. The maximum atomic E-state index is 5.80. The number of guanidine groups is 1. The minimum absolute atomic E-state index is 0. The topological polar surface area (TPSA) is 50.4 Å². The lowest BCUT2D eigenvalue weighted by Gasteiger charge is -2.05. The summed E-state index contributed by atoms with van der Waals surface area (Å²) >= 11 is 5.80. The number of benzene rings is 1. The van der Waals surface area contributed by atoms with Gasteiger partial charge in [0.1, 0.15) is 0 Å². The van der Waals surface area contributed by atoms with Crippen molar-refractivity contribution in [1.29, 1.82) is 0 Å². The fourth-order valence-electron chi connectivity index (χ4n) is 1.26. The lowest BCUT2D eigenvalue weighted by molar-refractivity contribution is 0.852. The van der Waals surface area contributed by atoms with Crippen molar-refractivity contribution in [2.24, 2.45) is 10.7 Å². The molecule has 3 nitrogen and oxygen atoms in total. The van der Waals surface area contributed by atoms with Crippen LogP contribution in [0.5, 0.6) is 0 Å². The van der Waals surface area contributed by atoms with Gasteiger partial charge in [0.25, 0.3) is 0 Å². The van der Waals surface area contributed by atoms with E-state index in [1.165, 1.54) is 5.56 Å². The van der Waals surface area contributed by atoms with Crippen LogP contribution < -0.4 is 11.1 Å². The second-order valence-electron chi connectivity index (χ2n) is 3.96. The monoisotopic (exact) mass is 379 g/mol. The van der Waals surface area contributed by atoms with Gasteiger partial charge in [0.05, 0.1) is 6.54 Å². The van der Waals surface area contributed by atoms with Gasteiger partial charge in [-0.1, -0.05) is 35.9 Å². The Morgan fingerprint density at radius 2 is 2.00 bits per heavy atom. The molecule has 0 saturated carbocycles. The van der Waals surface area contributed by atoms with Crippen molar-refractivity contribution in [3.63, 3.8) is 0 Å². The summed E-state index contributed by atoms with van der Waals surface area (Å²) in [5, 5.41) is 3.81. The predicted molar refractivity (Wildman–Crippen MR) is 89.9 cm³/mol. The predicted octanol–water partition coefficient (Wildman–Crippen LogP) is 2.98. The molecule has 0 aliphatic rings. The number of rotatable bonds is 5. The summed E-state index contributed by atoms with van der Waals surface area (Å²) in [6.07, 6.45) is 0.889. The number of hydrogen-bond donors (Lipinski definition) is 2. The molecule has 1 rings (SSSR count). The van der Waals surface area contributed by atoms with Crippen molar-refractivity contribution in [2.45, 2.75) is 13.3 Å². The van der Waals surface area contributed by atoms with Crippen LogP contribution in [0.4, 0.5) is 0 Å². The third-order valence-electron chi connectivity index (χ3n) is 2.15. The van der Waals surface area contributed by atoms with Crippen molar-refractivity contribution in [3.05, 3.63) is 47.0 Å². The molecule has 0 aromatic heterocycles. The second-order valence-corrected chi connectivity index (χ2v) is 4.40. The van der Waals surface area contributed by atoms with Crippen molar-refractivity contribution in [2.75, 3.05) is 13.1 Å². The molecule has 0 aliphatic carbocycles. The van der Waals surface area contributed by atoms with E-state index in [1.54, 1.807) is 0 Å². The van der Waals surface area contributed by atoms with Gasteiger partial charge < -0.3 is 11.1 Å². The molecule has 0 spiro atoms. The average Bonchev–Trinajstić information content (AvgIpc) is 2.29. The number of aliphatic imine (C=N–C) groups is 1. The van der Waals surface area contributed by atoms with E-state index in [0.29, 0.717) is 12.5 Å². The van der Waals surface area contributed by atoms with E-state index in [-0.39, 0.29) is 24.0 Å². The number of halogens is 2. The van der Waals surface area contributed by atoms with E-state index >= 15 is 0 Å². The second kappa shape index (κ2) is 9.22. The van der Waals surface area contributed by atoms with E-state index in [4.69, 9.17) is 17.3 Å². The summed E-state index contributed by atoms with van der Waals surface area (Å²) in [5.41, 5.74) is 7.90. The number of nitrogens with two attached hydrogens (primary N) is 1. The van der Waals surface area contributed by atoms with Gasteiger partial charge in [-0.25, -0.2) is 4.99 Å². The molecule has 18 heavy (non-hydrogen) atoms. The van der Waals surface area contributed by atoms with Crippen LogP contribution in [0.3, 0.4) is 0 Å². The molecule has 0 amide bonds. The first-order chi connectivity index (χ1) is 8.08. The summed E-state index contributed by atoms with van der Waals surface area (Å²) in [7, 11) is 0. The summed E-state index contributed by atoms with van der Waals surface area (Å²) in [4.78, 5) is 4.13. The minimum atomic E-state index is 0. The van der Waals surface area contributed by atoms with Crippen LogP contribution in [-0.4, -0.2) is 19.0 Å². The third kappa shape index (κ3) is 7.55. The molecule has 0 saturated heterocycles. The van der Waals surface area contributed by atoms with Gasteiger partial charge in [0.15, 0.2) is 5.96 Å². The molecule has 0 unspecified atom stereocenters. The molecule has 0 fully saturated rings. The van der Waals surface area contributed by atoms with E-state index in [2.05, 4.69) is 16.9 Å². The van der Waals surface area contributed by atoms with E-state index in [9.17, 15) is 0 Å². The van der Waals surface area contributed by atoms with Crippen molar-refractivity contribution < 1.29 is 0 Å². The van der Waals surface area contributed by atoms with Gasteiger partial charge in [-0.15, -0.1) is 24.0 Å². The Kier molecular flexibility index (Phi) is 8.83. The van der Waals surface area contributed by atoms with Crippen LogP contribution in [0.1, 0.15) is 12.5 Å². The highest BCUT2D eigenvalue weighted by atomic mass is 127. The zero-order chi connectivity index (χ0) is 12.7. The Hall–Kier alpha value is -0.750. The van der Waals surface area contributed by atoms with Gasteiger partial charge in [0.2, 0.25) is 0 Å². The Bertz CT molecular complexity index is 401. The zero-order valence-corrected chi connectivity index (χ0v) is 13.5. The van der Waals surface area contributed by atoms with Gasteiger partial charge >= 0.3 is 0 Å². The fraction of sp³-hybridized carbons (Fsp3) is 0.308. The van der Waals surface area contributed by atoms with Crippen LogP contribution in [-0.2, 0) is 6.42 Å². The number of nitrogens with one attached hydrogen (secondary N) is 1. The Labute approximate surface area is 131 Å². The third-order valence-corrected chi connectivity index (χ3v) is 2.40. The zero-order valence-electron chi connectivity index (χ0n) is 10.4.